The molecule has 1 heterocycles. The van der Waals surface area contributed by atoms with Gasteiger partial charge in [-0.15, -0.1) is 0 Å². The SMILES string of the molecule is Cc1ccc(C(C)NCc2ncc[nH]2)cc1C. The average molecular weight is 229 g/mol. The standard InChI is InChI=1S/C14H19N3/c1-10-4-5-13(8-11(10)2)12(3)17-9-14-15-6-7-16-14/h4-8,12,17H,9H2,1-3H3,(H,15,16). The molecule has 0 aliphatic carbocycles. The van der Waals surface area contributed by atoms with E-state index in [1.54, 1.807) is 6.20 Å². The van der Waals surface area contributed by atoms with E-state index in [9.17, 15) is 0 Å². The van der Waals surface area contributed by atoms with E-state index in [-0.39, 0.29) is 0 Å². The molecule has 1 unspecified atom stereocenters. The molecule has 17 heavy (non-hydrogen) atoms. The molecule has 2 aromatic rings. The fourth-order valence-corrected chi connectivity index (χ4v) is 1.80. The van der Waals surface area contributed by atoms with Crippen LogP contribution in [-0.2, 0) is 6.54 Å². The summed E-state index contributed by atoms with van der Waals surface area (Å²) in [6.07, 6.45) is 3.62. The Morgan fingerprint density at radius 2 is 2.12 bits per heavy atom. The Morgan fingerprint density at radius 3 is 2.76 bits per heavy atom. The number of benzene rings is 1. The van der Waals surface area contributed by atoms with Crippen LogP contribution in [0.5, 0.6) is 0 Å². The lowest BCUT2D eigenvalue weighted by atomic mass is 10.0. The van der Waals surface area contributed by atoms with E-state index in [4.69, 9.17) is 0 Å². The summed E-state index contributed by atoms with van der Waals surface area (Å²) in [4.78, 5) is 7.29. The Balaban J connectivity index is 1.99. The highest BCUT2D eigenvalue weighted by Gasteiger charge is 2.06. The zero-order chi connectivity index (χ0) is 12.3. The number of hydrogen-bond donors (Lipinski definition) is 2. The molecule has 3 heteroatoms. The van der Waals surface area contributed by atoms with Crippen LogP contribution in [0.2, 0.25) is 0 Å². The van der Waals surface area contributed by atoms with Crippen molar-refractivity contribution in [2.45, 2.75) is 33.4 Å². The molecule has 2 rings (SSSR count). The van der Waals surface area contributed by atoms with Crippen molar-refractivity contribution in [3.8, 4) is 0 Å². The van der Waals surface area contributed by atoms with Crippen LogP contribution in [0.15, 0.2) is 30.6 Å². The van der Waals surface area contributed by atoms with Gasteiger partial charge in [-0.3, -0.25) is 0 Å². The number of aromatic nitrogens is 2. The van der Waals surface area contributed by atoms with E-state index in [1.165, 1.54) is 16.7 Å². The van der Waals surface area contributed by atoms with Gasteiger partial charge in [-0.05, 0) is 37.5 Å². The predicted molar refractivity (Wildman–Crippen MR) is 69.8 cm³/mol. The van der Waals surface area contributed by atoms with Gasteiger partial charge in [0, 0.05) is 18.4 Å². The molecule has 1 atom stereocenters. The first-order valence-electron chi connectivity index (χ1n) is 5.95. The van der Waals surface area contributed by atoms with E-state index < -0.39 is 0 Å². The maximum Gasteiger partial charge on any atom is 0.120 e. The van der Waals surface area contributed by atoms with E-state index in [1.807, 2.05) is 6.20 Å². The zero-order valence-electron chi connectivity index (χ0n) is 10.6. The Labute approximate surface area is 102 Å². The fourth-order valence-electron chi connectivity index (χ4n) is 1.80. The number of imidazole rings is 1. The quantitative estimate of drug-likeness (QED) is 0.846. The van der Waals surface area contributed by atoms with Crippen LogP contribution in [0.4, 0.5) is 0 Å². The van der Waals surface area contributed by atoms with Gasteiger partial charge >= 0.3 is 0 Å². The fraction of sp³-hybridized carbons (Fsp3) is 0.357. The maximum atomic E-state index is 4.20. The minimum absolute atomic E-state index is 0.333. The predicted octanol–water partition coefficient (Wildman–Crippen LogP) is 2.88. The topological polar surface area (TPSA) is 40.7 Å². The van der Waals surface area contributed by atoms with Gasteiger partial charge in [-0.1, -0.05) is 18.2 Å². The van der Waals surface area contributed by atoms with Crippen molar-refractivity contribution in [2.24, 2.45) is 0 Å². The third kappa shape index (κ3) is 2.94. The van der Waals surface area contributed by atoms with Gasteiger partial charge in [0.15, 0.2) is 0 Å². The number of hydrogen-bond acceptors (Lipinski definition) is 2. The number of nitrogens with zero attached hydrogens (tertiary/aromatic N) is 1. The zero-order valence-corrected chi connectivity index (χ0v) is 10.6. The Morgan fingerprint density at radius 1 is 1.29 bits per heavy atom. The first-order valence-corrected chi connectivity index (χ1v) is 5.95. The molecule has 0 radical (unpaired) electrons. The van der Waals surface area contributed by atoms with Crippen LogP contribution in [0, 0.1) is 13.8 Å². The Hall–Kier alpha value is -1.61. The highest BCUT2D eigenvalue weighted by Crippen LogP contribution is 2.16. The molecule has 2 N–H and O–H groups in total. The van der Waals surface area contributed by atoms with Crippen molar-refractivity contribution >= 4 is 0 Å². The summed E-state index contributed by atoms with van der Waals surface area (Å²) in [7, 11) is 0. The largest absolute Gasteiger partial charge is 0.348 e. The lowest BCUT2D eigenvalue weighted by molar-refractivity contribution is 0.561. The summed E-state index contributed by atoms with van der Waals surface area (Å²) < 4.78 is 0. The Kier molecular flexibility index (Phi) is 3.59. The molecule has 0 aliphatic heterocycles. The second-order valence-electron chi connectivity index (χ2n) is 4.48. The molecule has 0 spiro atoms. The van der Waals surface area contributed by atoms with E-state index in [2.05, 4.69) is 54.3 Å². The van der Waals surface area contributed by atoms with Crippen molar-refractivity contribution in [3.05, 3.63) is 53.1 Å². The highest BCUT2D eigenvalue weighted by atomic mass is 15.0. The minimum atomic E-state index is 0.333. The molecule has 90 valence electrons. The third-order valence-electron chi connectivity index (χ3n) is 3.16. The summed E-state index contributed by atoms with van der Waals surface area (Å²) in [6, 6.07) is 6.94. The lowest BCUT2D eigenvalue weighted by Gasteiger charge is -2.14. The van der Waals surface area contributed by atoms with E-state index in [0.29, 0.717) is 6.04 Å². The van der Waals surface area contributed by atoms with Crippen LogP contribution >= 0.6 is 0 Å². The third-order valence-corrected chi connectivity index (χ3v) is 3.16. The summed E-state index contributed by atoms with van der Waals surface area (Å²) in [5.74, 6) is 0.973. The van der Waals surface area contributed by atoms with Crippen LogP contribution in [0.1, 0.15) is 35.5 Å². The number of aromatic amines is 1. The molecule has 0 aliphatic rings. The maximum absolute atomic E-state index is 4.20. The van der Waals surface area contributed by atoms with Crippen LogP contribution in [-0.4, -0.2) is 9.97 Å². The van der Waals surface area contributed by atoms with Crippen molar-refractivity contribution in [1.82, 2.24) is 15.3 Å². The monoisotopic (exact) mass is 229 g/mol. The second-order valence-corrected chi connectivity index (χ2v) is 4.48. The van der Waals surface area contributed by atoms with Crippen LogP contribution < -0.4 is 5.32 Å². The molecule has 1 aromatic heterocycles. The molecule has 0 bridgehead atoms. The molecule has 0 amide bonds. The van der Waals surface area contributed by atoms with Crippen molar-refractivity contribution < 1.29 is 0 Å². The van der Waals surface area contributed by atoms with Gasteiger partial charge in [-0.25, -0.2) is 4.98 Å². The molecule has 3 nitrogen and oxygen atoms in total. The first kappa shape index (κ1) is 11.9. The minimum Gasteiger partial charge on any atom is -0.348 e. The van der Waals surface area contributed by atoms with Gasteiger partial charge in [-0.2, -0.15) is 0 Å². The van der Waals surface area contributed by atoms with Gasteiger partial charge in [0.05, 0.1) is 6.54 Å². The van der Waals surface area contributed by atoms with Crippen molar-refractivity contribution in [1.29, 1.82) is 0 Å². The molecule has 1 aromatic carbocycles. The molecule has 0 fully saturated rings. The van der Waals surface area contributed by atoms with Gasteiger partial charge < -0.3 is 10.3 Å². The number of nitrogens with one attached hydrogen (secondary N) is 2. The first-order chi connectivity index (χ1) is 8.16. The summed E-state index contributed by atoms with van der Waals surface area (Å²) in [5, 5.41) is 3.45. The molecular weight excluding hydrogens is 210 g/mol. The Bertz CT molecular complexity index is 474. The number of rotatable bonds is 4. The number of aryl methyl sites for hydroxylation is 2. The van der Waals surface area contributed by atoms with Gasteiger partial charge in [0.25, 0.3) is 0 Å². The summed E-state index contributed by atoms with van der Waals surface area (Å²) in [5.41, 5.74) is 4.00. The summed E-state index contributed by atoms with van der Waals surface area (Å²) >= 11 is 0. The smallest absolute Gasteiger partial charge is 0.120 e. The van der Waals surface area contributed by atoms with Crippen molar-refractivity contribution in [2.75, 3.05) is 0 Å². The lowest BCUT2D eigenvalue weighted by Crippen LogP contribution is -2.18. The average Bonchev–Trinajstić information content (AvgIpc) is 2.82. The molecular formula is C14H19N3. The molecule has 0 saturated carbocycles. The number of H-pyrrole nitrogens is 1. The van der Waals surface area contributed by atoms with E-state index >= 15 is 0 Å². The second kappa shape index (κ2) is 5.15. The van der Waals surface area contributed by atoms with Crippen LogP contribution in [0.3, 0.4) is 0 Å². The van der Waals surface area contributed by atoms with Gasteiger partial charge in [0.2, 0.25) is 0 Å². The van der Waals surface area contributed by atoms with Crippen molar-refractivity contribution in [3.63, 3.8) is 0 Å². The van der Waals surface area contributed by atoms with Gasteiger partial charge in [0.1, 0.15) is 5.82 Å². The highest BCUT2D eigenvalue weighted by molar-refractivity contribution is 5.31. The summed E-state index contributed by atoms with van der Waals surface area (Å²) in [6.45, 7) is 7.23. The molecule has 0 saturated heterocycles. The van der Waals surface area contributed by atoms with E-state index in [0.717, 1.165) is 12.4 Å². The van der Waals surface area contributed by atoms with Crippen LogP contribution in [0.25, 0.3) is 0 Å². The normalized spacial score (nSPS) is 12.6.